The highest BCUT2D eigenvalue weighted by molar-refractivity contribution is 6.15. The molecule has 6 rings (SSSR count). The number of carbonyl (C=O) groups excluding carboxylic acids is 1. The summed E-state index contributed by atoms with van der Waals surface area (Å²) in [6, 6.07) is 7.50. The van der Waals surface area contributed by atoms with E-state index in [-0.39, 0.29) is 12.6 Å². The van der Waals surface area contributed by atoms with Crippen LogP contribution in [-0.2, 0) is 11.3 Å². The second-order valence-electron chi connectivity index (χ2n) is 8.70. The predicted molar refractivity (Wildman–Crippen MR) is 120 cm³/mol. The number of morpholine rings is 1. The van der Waals surface area contributed by atoms with Crippen LogP contribution in [0.15, 0.2) is 30.0 Å². The van der Waals surface area contributed by atoms with E-state index in [0.29, 0.717) is 35.3 Å². The zero-order chi connectivity index (χ0) is 22.4. The van der Waals surface area contributed by atoms with Crippen LogP contribution < -0.4 is 18.9 Å². The summed E-state index contributed by atoms with van der Waals surface area (Å²) >= 11 is 0. The van der Waals surface area contributed by atoms with Crippen LogP contribution in [0.2, 0.25) is 0 Å². The zero-order valence-electron chi connectivity index (χ0n) is 18.6. The molecule has 4 aliphatic rings. The van der Waals surface area contributed by atoms with Gasteiger partial charge >= 0.3 is 0 Å². The number of ketones is 1. The van der Waals surface area contributed by atoms with Crippen molar-refractivity contribution in [3.05, 3.63) is 52.3 Å². The van der Waals surface area contributed by atoms with Crippen LogP contribution in [0.5, 0.6) is 23.0 Å². The highest BCUT2D eigenvalue weighted by Gasteiger charge is 2.33. The van der Waals surface area contributed by atoms with Gasteiger partial charge in [-0.05, 0) is 36.8 Å². The number of rotatable bonds is 4. The van der Waals surface area contributed by atoms with Gasteiger partial charge in [-0.2, -0.15) is 0 Å². The van der Waals surface area contributed by atoms with Crippen molar-refractivity contribution >= 4 is 11.9 Å². The Kier molecular flexibility index (Phi) is 5.21. The van der Waals surface area contributed by atoms with Crippen LogP contribution in [0.4, 0.5) is 0 Å². The van der Waals surface area contributed by atoms with E-state index in [0.717, 1.165) is 68.4 Å². The van der Waals surface area contributed by atoms with E-state index in [1.54, 1.807) is 6.08 Å². The second kappa shape index (κ2) is 8.37. The van der Waals surface area contributed by atoms with Crippen molar-refractivity contribution < 1.29 is 28.5 Å². The summed E-state index contributed by atoms with van der Waals surface area (Å²) in [7, 11) is 0. The monoisotopic (exact) mass is 450 g/mol. The van der Waals surface area contributed by atoms with Gasteiger partial charge in [-0.3, -0.25) is 14.6 Å². The Hall–Kier alpha value is -3.07. The average Bonchev–Trinajstić information content (AvgIpc) is 3.43. The van der Waals surface area contributed by atoms with Crippen molar-refractivity contribution in [3.8, 4) is 23.0 Å². The van der Waals surface area contributed by atoms with Gasteiger partial charge in [0.05, 0.1) is 18.8 Å². The van der Waals surface area contributed by atoms with Crippen molar-refractivity contribution in [2.24, 2.45) is 0 Å². The summed E-state index contributed by atoms with van der Waals surface area (Å²) < 4.78 is 28.4. The zero-order valence-corrected chi connectivity index (χ0v) is 18.6. The summed E-state index contributed by atoms with van der Waals surface area (Å²) in [4.78, 5) is 17.8. The molecule has 0 N–H and O–H groups in total. The minimum absolute atomic E-state index is 0.112. The quantitative estimate of drug-likeness (QED) is 0.659. The molecule has 1 saturated heterocycles. The Balaban J connectivity index is 1.20. The third-order valence-corrected chi connectivity index (χ3v) is 6.53. The van der Waals surface area contributed by atoms with Crippen molar-refractivity contribution in [1.29, 1.82) is 0 Å². The molecule has 0 aliphatic carbocycles. The number of benzene rings is 2. The molecule has 2 aromatic carbocycles. The summed E-state index contributed by atoms with van der Waals surface area (Å²) in [6.45, 7) is 8.90. The van der Waals surface area contributed by atoms with Crippen LogP contribution in [0, 0.1) is 6.92 Å². The maximum absolute atomic E-state index is 13.2. The lowest BCUT2D eigenvalue weighted by molar-refractivity contribution is 0.0239. The fraction of sp³-hybridized carbons (Fsp3) is 0.400. The predicted octanol–water partition coefficient (Wildman–Crippen LogP) is 2.82. The topological polar surface area (TPSA) is 69.7 Å². The number of Topliss-reactive ketones (excluding diaryl/α,β-unsaturated/α-hetero) is 1. The van der Waals surface area contributed by atoms with E-state index in [1.165, 1.54) is 0 Å². The van der Waals surface area contributed by atoms with E-state index in [9.17, 15) is 4.79 Å². The van der Waals surface area contributed by atoms with Crippen LogP contribution in [0.3, 0.4) is 0 Å². The van der Waals surface area contributed by atoms with Crippen LogP contribution in [0.1, 0.15) is 27.0 Å². The van der Waals surface area contributed by atoms with Gasteiger partial charge in [-0.1, -0.05) is 6.07 Å². The molecule has 8 heteroatoms. The van der Waals surface area contributed by atoms with E-state index in [2.05, 4.69) is 9.80 Å². The van der Waals surface area contributed by atoms with Crippen molar-refractivity contribution in [2.75, 3.05) is 52.9 Å². The molecule has 0 bridgehead atoms. The van der Waals surface area contributed by atoms with Crippen LogP contribution in [-0.4, -0.2) is 68.5 Å². The summed E-state index contributed by atoms with van der Waals surface area (Å²) in [5.41, 5.74) is 3.32. The molecule has 0 aromatic heterocycles. The second-order valence-corrected chi connectivity index (χ2v) is 8.70. The SMILES string of the molecule is Cc1c2c(cc3c1O/C(=C\c1ccc4c(c1)OCO4)C3=O)CN(CCN1CCOCC1)CO2. The van der Waals surface area contributed by atoms with Gasteiger partial charge in [0, 0.05) is 43.9 Å². The normalized spacial score (nSPS) is 21.0. The average molecular weight is 450 g/mol. The molecule has 0 atom stereocenters. The number of allylic oxidation sites excluding steroid dienone is 1. The smallest absolute Gasteiger partial charge is 0.231 e. The molecule has 0 saturated carbocycles. The molecular weight excluding hydrogens is 424 g/mol. The number of carbonyl (C=O) groups is 1. The summed E-state index contributed by atoms with van der Waals surface area (Å²) in [5.74, 6) is 2.99. The van der Waals surface area contributed by atoms with Gasteiger partial charge in [-0.25, -0.2) is 0 Å². The number of nitrogens with zero attached hydrogens (tertiary/aromatic N) is 2. The molecule has 1 fully saturated rings. The number of hydrogen-bond acceptors (Lipinski definition) is 8. The maximum Gasteiger partial charge on any atom is 0.231 e. The molecule has 4 aliphatic heterocycles. The Morgan fingerprint density at radius 1 is 0.970 bits per heavy atom. The van der Waals surface area contributed by atoms with Crippen molar-refractivity contribution in [2.45, 2.75) is 13.5 Å². The first-order valence-corrected chi connectivity index (χ1v) is 11.3. The van der Waals surface area contributed by atoms with Gasteiger partial charge in [0.15, 0.2) is 17.3 Å². The number of hydrogen-bond donors (Lipinski definition) is 0. The number of fused-ring (bicyclic) bond motifs is 3. The Morgan fingerprint density at radius 2 is 1.79 bits per heavy atom. The minimum atomic E-state index is -0.112. The van der Waals surface area contributed by atoms with Crippen LogP contribution in [0.25, 0.3) is 6.08 Å². The summed E-state index contributed by atoms with van der Waals surface area (Å²) in [5, 5.41) is 0. The third-order valence-electron chi connectivity index (χ3n) is 6.53. The molecule has 0 spiro atoms. The molecule has 33 heavy (non-hydrogen) atoms. The Labute approximate surface area is 192 Å². The largest absolute Gasteiger partial charge is 0.477 e. The Morgan fingerprint density at radius 3 is 2.67 bits per heavy atom. The fourth-order valence-electron chi connectivity index (χ4n) is 4.70. The van der Waals surface area contributed by atoms with Gasteiger partial charge < -0.3 is 23.7 Å². The molecule has 172 valence electrons. The van der Waals surface area contributed by atoms with Gasteiger partial charge in [0.2, 0.25) is 12.6 Å². The summed E-state index contributed by atoms with van der Waals surface area (Å²) in [6.07, 6.45) is 1.75. The van der Waals surface area contributed by atoms with E-state index >= 15 is 0 Å². The van der Waals surface area contributed by atoms with Gasteiger partial charge in [0.25, 0.3) is 0 Å². The van der Waals surface area contributed by atoms with Crippen molar-refractivity contribution in [1.82, 2.24) is 9.80 Å². The fourth-order valence-corrected chi connectivity index (χ4v) is 4.70. The van der Waals surface area contributed by atoms with Gasteiger partial charge in [-0.15, -0.1) is 0 Å². The third kappa shape index (κ3) is 3.84. The van der Waals surface area contributed by atoms with E-state index in [4.69, 9.17) is 23.7 Å². The molecule has 0 amide bonds. The molecule has 0 unspecified atom stereocenters. The lowest BCUT2D eigenvalue weighted by Gasteiger charge is -2.33. The lowest BCUT2D eigenvalue weighted by atomic mass is 10.00. The molecule has 4 heterocycles. The first-order chi connectivity index (χ1) is 16.2. The van der Waals surface area contributed by atoms with Crippen molar-refractivity contribution in [3.63, 3.8) is 0 Å². The van der Waals surface area contributed by atoms with Gasteiger partial charge in [0.1, 0.15) is 18.2 Å². The Bertz CT molecular complexity index is 1140. The lowest BCUT2D eigenvalue weighted by Crippen LogP contribution is -2.43. The minimum Gasteiger partial charge on any atom is -0.477 e. The molecule has 8 nitrogen and oxygen atoms in total. The highest BCUT2D eigenvalue weighted by Crippen LogP contribution is 2.43. The molecular formula is C25H26N2O6. The first-order valence-electron chi connectivity index (χ1n) is 11.3. The standard InChI is InChI=1S/C25H26N2O6/c1-16-24-18(13-27(14-30-24)5-4-26-6-8-29-9-7-26)12-19-23(28)22(33-25(16)19)11-17-2-3-20-21(10-17)32-15-31-20/h2-3,10-12H,4-9,13-15H2,1H3/b22-11-. The van der Waals surface area contributed by atoms with E-state index < -0.39 is 0 Å². The van der Waals surface area contributed by atoms with E-state index in [1.807, 2.05) is 31.2 Å². The highest BCUT2D eigenvalue weighted by atomic mass is 16.7. The maximum atomic E-state index is 13.2. The first kappa shape index (κ1) is 20.5. The molecule has 2 aromatic rings. The number of ether oxygens (including phenoxy) is 5. The molecule has 0 radical (unpaired) electrons. The van der Waals surface area contributed by atoms with Crippen LogP contribution >= 0.6 is 0 Å².